The van der Waals surface area contributed by atoms with E-state index in [1.165, 1.54) is 12.4 Å². The zero-order valence-electron chi connectivity index (χ0n) is 16.6. The predicted molar refractivity (Wildman–Crippen MR) is 114 cm³/mol. The lowest BCUT2D eigenvalue weighted by atomic mass is 9.96. The van der Waals surface area contributed by atoms with E-state index >= 15 is 0 Å². The van der Waals surface area contributed by atoms with E-state index in [4.69, 9.17) is 9.77 Å². The second-order valence-corrected chi connectivity index (χ2v) is 9.07. The Bertz CT molecular complexity index is 921. The highest BCUT2D eigenvalue weighted by Crippen LogP contribution is 2.26. The molecule has 2 aromatic rings. The molecule has 7 nitrogen and oxygen atoms in total. The number of nitrogens with one attached hydrogen (secondary N) is 2. The summed E-state index contributed by atoms with van der Waals surface area (Å²) in [5, 5.41) is 7.17. The predicted octanol–water partition coefficient (Wildman–Crippen LogP) is 3.44. The molecule has 156 valence electrons. The van der Waals surface area contributed by atoms with Crippen molar-refractivity contribution in [1.29, 1.82) is 5.41 Å². The normalized spacial score (nSPS) is 20.0. The molecule has 3 rings (SSSR count). The van der Waals surface area contributed by atoms with Gasteiger partial charge in [0.25, 0.3) is 6.43 Å². The van der Waals surface area contributed by atoms with Gasteiger partial charge in [-0.2, -0.15) is 0 Å². The molecule has 2 aromatic heterocycles. The summed E-state index contributed by atoms with van der Waals surface area (Å²) < 4.78 is 29.7. The number of aromatic amines is 1. The maximum Gasteiger partial charge on any atom is 0.279 e. The summed E-state index contributed by atoms with van der Waals surface area (Å²) >= 11 is 0. The summed E-state index contributed by atoms with van der Waals surface area (Å²) in [6.45, 7) is 3.97. The van der Waals surface area contributed by atoms with E-state index in [0.29, 0.717) is 29.2 Å². The fourth-order valence-electron chi connectivity index (χ4n) is 3.34. The zero-order chi connectivity index (χ0) is 21.0. The number of nitrogens with zero attached hydrogens (tertiary/aromatic N) is 5. The van der Waals surface area contributed by atoms with Crippen molar-refractivity contribution in [1.82, 2.24) is 19.9 Å². The van der Waals surface area contributed by atoms with Gasteiger partial charge in [0.2, 0.25) is 0 Å². The van der Waals surface area contributed by atoms with Gasteiger partial charge in [-0.15, -0.1) is 10.7 Å². The minimum absolute atomic E-state index is 0.0445. The average Bonchev–Trinajstić information content (AvgIpc) is 3.14. The summed E-state index contributed by atoms with van der Waals surface area (Å²) in [7, 11) is 0.0445. The second kappa shape index (κ2) is 9.34. The molecule has 0 aliphatic carbocycles. The average molecular weight is 422 g/mol. The molecule has 1 saturated heterocycles. The fraction of sp³-hybridized carbons (Fsp3) is 0.474. The third-order valence-electron chi connectivity index (χ3n) is 4.50. The van der Waals surface area contributed by atoms with E-state index < -0.39 is 12.1 Å². The van der Waals surface area contributed by atoms with E-state index in [0.717, 1.165) is 31.4 Å². The Hall–Kier alpha value is -2.49. The lowest BCUT2D eigenvalue weighted by Gasteiger charge is -2.35. The van der Waals surface area contributed by atoms with E-state index in [1.807, 2.05) is 6.07 Å². The Morgan fingerprint density at radius 2 is 2.14 bits per heavy atom. The first kappa shape index (κ1) is 21.2. The van der Waals surface area contributed by atoms with Crippen LogP contribution in [0, 0.1) is 11.3 Å². The first-order chi connectivity index (χ1) is 13.8. The molecule has 0 amide bonds. The summed E-state index contributed by atoms with van der Waals surface area (Å²) in [6, 6.07) is 2.19. The van der Waals surface area contributed by atoms with Crippen molar-refractivity contribution in [2.24, 2.45) is 10.3 Å². The van der Waals surface area contributed by atoms with Gasteiger partial charge in [0, 0.05) is 19.2 Å². The highest BCUT2D eigenvalue weighted by molar-refractivity contribution is 7.85. The number of H-pyrrole nitrogens is 1. The van der Waals surface area contributed by atoms with E-state index in [9.17, 15) is 8.78 Å². The van der Waals surface area contributed by atoms with Crippen LogP contribution in [0.4, 0.5) is 14.6 Å². The van der Waals surface area contributed by atoms with Crippen LogP contribution in [0.1, 0.15) is 19.2 Å². The lowest BCUT2D eigenvalue weighted by molar-refractivity contribution is 0.226. The van der Waals surface area contributed by atoms with Crippen LogP contribution in [0.2, 0.25) is 0 Å². The first-order valence-electron chi connectivity index (χ1n) is 9.27. The van der Waals surface area contributed by atoms with E-state index in [2.05, 4.69) is 44.3 Å². The highest BCUT2D eigenvalue weighted by atomic mass is 32.2. The van der Waals surface area contributed by atoms with Crippen LogP contribution in [0.5, 0.6) is 0 Å². The molecule has 0 radical (unpaired) electrons. The minimum atomic E-state index is -2.80. The fourth-order valence-corrected chi connectivity index (χ4v) is 4.09. The number of halogens is 2. The number of hydrogen-bond donors (Lipinski definition) is 2. The smallest absolute Gasteiger partial charge is 0.279 e. The molecule has 0 saturated carbocycles. The maximum absolute atomic E-state index is 12.4. The van der Waals surface area contributed by atoms with Gasteiger partial charge in [0.05, 0.1) is 29.3 Å². The van der Waals surface area contributed by atoms with Crippen LogP contribution < -0.4 is 4.90 Å². The third kappa shape index (κ3) is 5.75. The zero-order valence-corrected chi connectivity index (χ0v) is 17.5. The Morgan fingerprint density at radius 3 is 2.86 bits per heavy atom. The number of alkyl halides is 2. The number of imidazole rings is 1. The summed E-state index contributed by atoms with van der Waals surface area (Å²) in [5.41, 5.74) is 0.573. The Kier molecular flexibility index (Phi) is 6.83. The molecule has 29 heavy (non-hydrogen) atoms. The second-order valence-electron chi connectivity index (χ2n) is 7.31. The summed E-state index contributed by atoms with van der Waals surface area (Å²) in [4.78, 5) is 18.2. The minimum Gasteiger partial charge on any atom is -0.354 e. The number of aromatic nitrogens is 4. The topological polar surface area (TPSA) is 93.9 Å². The van der Waals surface area contributed by atoms with Crippen molar-refractivity contribution < 1.29 is 8.78 Å². The van der Waals surface area contributed by atoms with Gasteiger partial charge in [-0.1, -0.05) is 6.92 Å². The lowest BCUT2D eigenvalue weighted by Crippen LogP contribution is -2.42. The molecule has 10 heteroatoms. The van der Waals surface area contributed by atoms with Crippen molar-refractivity contribution in [2.45, 2.75) is 25.8 Å². The van der Waals surface area contributed by atoms with Crippen LogP contribution in [0.15, 0.2) is 29.0 Å². The van der Waals surface area contributed by atoms with Crippen LogP contribution in [-0.4, -0.2) is 63.7 Å². The van der Waals surface area contributed by atoms with Gasteiger partial charge in [0.1, 0.15) is 18.0 Å². The summed E-state index contributed by atoms with van der Waals surface area (Å²) in [5.74, 6) is 1.74. The van der Waals surface area contributed by atoms with Crippen molar-refractivity contribution >= 4 is 28.3 Å². The molecule has 0 bridgehead atoms. The molecule has 1 fully saturated rings. The van der Waals surface area contributed by atoms with Gasteiger partial charge in [0.15, 0.2) is 0 Å². The van der Waals surface area contributed by atoms with Crippen molar-refractivity contribution in [3.63, 3.8) is 0 Å². The number of rotatable bonds is 6. The molecule has 1 aliphatic rings. The quantitative estimate of drug-likeness (QED) is 0.699. The standard InChI is InChI=1S/C19H25F2N7S/c1-12-6-13(27-29(2)3)10-28(9-12)18-7-15(24-11-25-18)16-8-23-17(26-16)5-4-14(22)19(20)21/h4-5,7-8,11-13,19,22H,6,9-10H2,1-3H3,(H,23,26)/b5-4-,22-14?. The highest BCUT2D eigenvalue weighted by Gasteiger charge is 2.25. The molecule has 3 heterocycles. The third-order valence-corrected chi connectivity index (χ3v) is 5.22. The van der Waals surface area contributed by atoms with Crippen molar-refractivity contribution in [3.8, 4) is 11.4 Å². The molecule has 2 unspecified atom stereocenters. The van der Waals surface area contributed by atoms with Gasteiger partial charge < -0.3 is 9.88 Å². The molecule has 2 N–H and O–H groups in total. The van der Waals surface area contributed by atoms with Crippen LogP contribution in [0.3, 0.4) is 0 Å². The molecule has 2 atom stereocenters. The Balaban J connectivity index is 1.78. The van der Waals surface area contributed by atoms with E-state index in [1.54, 1.807) is 6.20 Å². The Morgan fingerprint density at radius 1 is 1.34 bits per heavy atom. The van der Waals surface area contributed by atoms with Crippen molar-refractivity contribution in [3.05, 3.63) is 30.5 Å². The maximum atomic E-state index is 12.4. The number of piperidine rings is 1. The van der Waals surface area contributed by atoms with Gasteiger partial charge >= 0.3 is 0 Å². The van der Waals surface area contributed by atoms with Crippen LogP contribution in [-0.2, 0) is 10.7 Å². The molecule has 0 aromatic carbocycles. The molecule has 0 spiro atoms. The number of hydrogen-bond acceptors (Lipinski definition) is 6. The van der Waals surface area contributed by atoms with E-state index in [-0.39, 0.29) is 10.7 Å². The van der Waals surface area contributed by atoms with Gasteiger partial charge in [-0.05, 0) is 37.0 Å². The van der Waals surface area contributed by atoms with Crippen LogP contribution >= 0.6 is 0 Å². The SMILES string of the molecule is CC1CC(N=S(C)C)CN(c2cc(-c3cnc(/C=C\C(=N)C(F)F)[nH]3)ncn2)C1. The number of allylic oxidation sites excluding steroid dienone is 1. The molecular weight excluding hydrogens is 396 g/mol. The van der Waals surface area contributed by atoms with Crippen molar-refractivity contribution in [2.75, 3.05) is 30.5 Å². The molecule has 1 aliphatic heterocycles. The first-order valence-corrected chi connectivity index (χ1v) is 11.3. The molecular formula is C19H25F2N7S. The monoisotopic (exact) mass is 421 g/mol. The summed E-state index contributed by atoms with van der Waals surface area (Å²) in [6.07, 6.45) is 8.03. The largest absolute Gasteiger partial charge is 0.354 e. The Labute approximate surface area is 171 Å². The van der Waals surface area contributed by atoms with Crippen LogP contribution in [0.25, 0.3) is 17.5 Å². The number of anilines is 1. The van der Waals surface area contributed by atoms with Gasteiger partial charge in [-0.3, -0.25) is 9.77 Å². The van der Waals surface area contributed by atoms with Gasteiger partial charge in [-0.25, -0.2) is 23.7 Å².